The second-order valence-corrected chi connectivity index (χ2v) is 11.9. The predicted octanol–water partition coefficient (Wildman–Crippen LogP) is 8.30. The van der Waals surface area contributed by atoms with Gasteiger partial charge in [-0.05, 0) is 81.3 Å². The summed E-state index contributed by atoms with van der Waals surface area (Å²) in [5, 5.41) is 16.9. The number of hydrogen-bond acceptors (Lipinski definition) is 3. The Morgan fingerprint density at radius 1 is 0.881 bits per heavy atom. The van der Waals surface area contributed by atoms with Gasteiger partial charge in [0, 0.05) is 22.7 Å². The van der Waals surface area contributed by atoms with E-state index < -0.39 is 5.97 Å². The number of thioether (sulfide) groups is 1. The van der Waals surface area contributed by atoms with Gasteiger partial charge in [-0.1, -0.05) is 79.7 Å². The molecule has 0 saturated carbocycles. The van der Waals surface area contributed by atoms with Crippen LogP contribution < -0.4 is 5.32 Å². The molecule has 4 nitrogen and oxygen atoms in total. The number of carboxylic acid groups (broad SMARTS) is 1. The number of rotatable bonds is 7. The van der Waals surface area contributed by atoms with Crippen molar-refractivity contribution < 1.29 is 19.1 Å². The lowest BCUT2D eigenvalue weighted by molar-refractivity contribution is -0.118. The van der Waals surface area contributed by atoms with E-state index in [9.17, 15) is 19.1 Å². The molecule has 2 N–H and O–H groups in total. The molecule has 0 radical (unpaired) electrons. The van der Waals surface area contributed by atoms with Crippen LogP contribution in [0.3, 0.4) is 0 Å². The SMILES string of the molecule is C[C@H](NC(=O)C1=CC(c2cccc(F)c2)=CC2SC=C([C@@H](C)c3ccc4ccccc4c3)C12)c1ccc(C(=O)O)cc1. The van der Waals surface area contributed by atoms with Crippen LogP contribution in [0.4, 0.5) is 4.39 Å². The fraction of sp³-hybridized carbons (Fsp3) is 0.167. The zero-order chi connectivity index (χ0) is 29.4. The molecule has 0 fully saturated rings. The van der Waals surface area contributed by atoms with Gasteiger partial charge < -0.3 is 10.4 Å². The van der Waals surface area contributed by atoms with Gasteiger partial charge in [0.05, 0.1) is 11.6 Å². The van der Waals surface area contributed by atoms with Crippen molar-refractivity contribution in [2.24, 2.45) is 5.92 Å². The summed E-state index contributed by atoms with van der Waals surface area (Å²) in [6.07, 6.45) is 4.05. The van der Waals surface area contributed by atoms with Crippen LogP contribution in [-0.4, -0.2) is 22.2 Å². The third-order valence-electron chi connectivity index (χ3n) is 8.24. The number of carboxylic acids is 1. The highest BCUT2D eigenvalue weighted by atomic mass is 32.2. The first-order chi connectivity index (χ1) is 20.3. The number of carbonyl (C=O) groups excluding carboxylic acids is 1. The number of halogens is 1. The maximum atomic E-state index is 14.2. The fourth-order valence-electron chi connectivity index (χ4n) is 5.85. The molecule has 1 amide bonds. The van der Waals surface area contributed by atoms with Crippen molar-refractivity contribution in [2.45, 2.75) is 31.1 Å². The van der Waals surface area contributed by atoms with E-state index in [2.05, 4.69) is 54.1 Å². The van der Waals surface area contributed by atoms with Gasteiger partial charge in [0.2, 0.25) is 5.91 Å². The van der Waals surface area contributed by atoms with E-state index in [1.165, 1.54) is 34.0 Å². The van der Waals surface area contributed by atoms with Gasteiger partial charge in [0.15, 0.2) is 0 Å². The van der Waals surface area contributed by atoms with Crippen molar-refractivity contribution in [1.29, 1.82) is 0 Å². The van der Waals surface area contributed by atoms with E-state index >= 15 is 0 Å². The molecule has 4 aromatic carbocycles. The quantitative estimate of drug-likeness (QED) is 0.233. The van der Waals surface area contributed by atoms with Gasteiger partial charge in [0.1, 0.15) is 5.82 Å². The van der Waals surface area contributed by atoms with Gasteiger partial charge >= 0.3 is 5.97 Å². The highest BCUT2D eigenvalue weighted by Gasteiger charge is 2.40. The van der Waals surface area contributed by atoms with E-state index in [0.717, 1.165) is 16.7 Å². The molecular formula is C36H30FNO3S. The number of allylic oxidation sites excluding steroid dienone is 3. The molecule has 0 spiro atoms. The zero-order valence-corrected chi connectivity index (χ0v) is 24.1. The van der Waals surface area contributed by atoms with E-state index in [1.807, 2.05) is 31.2 Å². The molecule has 2 aliphatic rings. The Morgan fingerprint density at radius 2 is 1.62 bits per heavy atom. The third kappa shape index (κ3) is 5.42. The van der Waals surface area contributed by atoms with Gasteiger partial charge in [0.25, 0.3) is 0 Å². The van der Waals surface area contributed by atoms with E-state index in [-0.39, 0.29) is 40.4 Å². The summed E-state index contributed by atoms with van der Waals surface area (Å²) in [4.78, 5) is 25.3. The standard InChI is InChI=1S/C36H30FNO3S/c1-21(26-15-12-24-6-3-4-7-27(24)16-26)32-20-42-33-19-29(28-8-5-9-30(37)17-28)18-31(34(32)33)35(39)38-22(2)23-10-13-25(14-11-23)36(40)41/h3-22,33-34H,1-2H3,(H,38,39)(H,40,41)/t21-,22-,33?,34?/m0/s1. The number of aromatic carboxylic acids is 1. The highest BCUT2D eigenvalue weighted by Crippen LogP contribution is 2.50. The largest absolute Gasteiger partial charge is 0.478 e. The Balaban J connectivity index is 1.33. The van der Waals surface area contributed by atoms with Gasteiger partial charge in [-0.15, -0.1) is 11.8 Å². The topological polar surface area (TPSA) is 66.4 Å². The molecule has 6 rings (SSSR count). The summed E-state index contributed by atoms with van der Waals surface area (Å²) < 4.78 is 14.2. The number of nitrogens with one attached hydrogen (secondary N) is 1. The molecule has 1 aliphatic carbocycles. The third-order valence-corrected chi connectivity index (χ3v) is 9.37. The molecule has 1 heterocycles. The van der Waals surface area contributed by atoms with Crippen molar-refractivity contribution >= 4 is 40.0 Å². The molecule has 2 unspecified atom stereocenters. The van der Waals surface area contributed by atoms with Crippen LogP contribution in [0.5, 0.6) is 0 Å². The Hall–Kier alpha value is -4.42. The fourth-order valence-corrected chi connectivity index (χ4v) is 7.20. The van der Waals surface area contributed by atoms with Crippen LogP contribution in [0.15, 0.2) is 120 Å². The molecular weight excluding hydrogens is 545 g/mol. The summed E-state index contributed by atoms with van der Waals surface area (Å²) >= 11 is 1.70. The zero-order valence-electron chi connectivity index (χ0n) is 23.3. The molecule has 4 atom stereocenters. The van der Waals surface area contributed by atoms with Crippen LogP contribution in [0.1, 0.15) is 52.9 Å². The van der Waals surface area contributed by atoms with Gasteiger partial charge in [-0.25, -0.2) is 9.18 Å². The maximum absolute atomic E-state index is 14.2. The van der Waals surface area contributed by atoms with Crippen molar-refractivity contribution in [3.63, 3.8) is 0 Å². The Morgan fingerprint density at radius 3 is 2.36 bits per heavy atom. The average Bonchev–Trinajstić information content (AvgIpc) is 3.44. The second kappa shape index (κ2) is 11.5. The Labute approximate surface area is 248 Å². The molecule has 4 aromatic rings. The molecule has 0 saturated heterocycles. The number of fused-ring (bicyclic) bond motifs is 2. The van der Waals surface area contributed by atoms with E-state index in [4.69, 9.17) is 0 Å². The molecule has 42 heavy (non-hydrogen) atoms. The summed E-state index contributed by atoms with van der Waals surface area (Å²) in [7, 11) is 0. The van der Waals surface area contributed by atoms with Crippen molar-refractivity contribution in [2.75, 3.05) is 0 Å². The molecule has 210 valence electrons. The number of carbonyl (C=O) groups is 2. The lowest BCUT2D eigenvalue weighted by atomic mass is 9.76. The van der Waals surface area contributed by atoms with Gasteiger partial charge in [-0.3, -0.25) is 4.79 Å². The first-order valence-electron chi connectivity index (χ1n) is 14.0. The monoisotopic (exact) mass is 575 g/mol. The van der Waals surface area contributed by atoms with Crippen molar-refractivity contribution in [3.8, 4) is 0 Å². The predicted molar refractivity (Wildman–Crippen MR) is 168 cm³/mol. The number of hydrogen-bond donors (Lipinski definition) is 2. The van der Waals surface area contributed by atoms with Crippen LogP contribution in [0.2, 0.25) is 0 Å². The van der Waals surface area contributed by atoms with Crippen LogP contribution >= 0.6 is 11.8 Å². The van der Waals surface area contributed by atoms with Gasteiger partial charge in [-0.2, -0.15) is 0 Å². The molecule has 0 aromatic heterocycles. The summed E-state index contributed by atoms with van der Waals surface area (Å²) in [6.45, 7) is 4.07. The number of amides is 1. The van der Waals surface area contributed by atoms with Crippen LogP contribution in [0, 0.1) is 11.7 Å². The lowest BCUT2D eigenvalue weighted by Crippen LogP contribution is -2.34. The van der Waals surface area contributed by atoms with Crippen molar-refractivity contribution in [1.82, 2.24) is 5.32 Å². The minimum absolute atomic E-state index is 0.00270. The average molecular weight is 576 g/mol. The van der Waals surface area contributed by atoms with E-state index in [0.29, 0.717) is 5.57 Å². The first kappa shape index (κ1) is 27.7. The van der Waals surface area contributed by atoms with Crippen LogP contribution in [0.25, 0.3) is 16.3 Å². The molecule has 1 aliphatic heterocycles. The van der Waals surface area contributed by atoms with E-state index in [1.54, 1.807) is 42.1 Å². The Bertz CT molecular complexity index is 1790. The summed E-state index contributed by atoms with van der Waals surface area (Å²) in [6, 6.07) is 27.5. The molecule has 0 bridgehead atoms. The minimum atomic E-state index is -0.994. The Kier molecular flexibility index (Phi) is 7.56. The molecule has 6 heteroatoms. The summed E-state index contributed by atoms with van der Waals surface area (Å²) in [5.74, 6) is -1.57. The maximum Gasteiger partial charge on any atom is 0.335 e. The normalized spacial score (nSPS) is 19.3. The van der Waals surface area contributed by atoms with Crippen LogP contribution in [-0.2, 0) is 4.79 Å². The minimum Gasteiger partial charge on any atom is -0.478 e. The summed E-state index contributed by atoms with van der Waals surface area (Å²) in [5.41, 5.74) is 5.55. The number of benzene rings is 4. The second-order valence-electron chi connectivity index (χ2n) is 10.9. The smallest absolute Gasteiger partial charge is 0.335 e. The first-order valence-corrected chi connectivity index (χ1v) is 14.9. The highest BCUT2D eigenvalue weighted by molar-refractivity contribution is 8.03. The lowest BCUT2D eigenvalue weighted by Gasteiger charge is -2.31. The van der Waals surface area contributed by atoms with Crippen molar-refractivity contribution in [3.05, 3.63) is 148 Å².